The molecule has 214 valence electrons. The Bertz CT molecular complexity index is 906. The number of hydrogen-bond donors (Lipinski definition) is 4. The zero-order valence-electron chi connectivity index (χ0n) is 22.1. The topological polar surface area (TPSA) is 135 Å². The van der Waals surface area contributed by atoms with E-state index < -0.39 is 48.0 Å². The van der Waals surface area contributed by atoms with E-state index in [1.54, 1.807) is 31.2 Å². The number of rotatable bonds is 12. The Balaban J connectivity index is 1.59. The van der Waals surface area contributed by atoms with Crippen molar-refractivity contribution in [3.05, 3.63) is 34.9 Å². The minimum atomic E-state index is -1.49. The van der Waals surface area contributed by atoms with Crippen LogP contribution in [0.3, 0.4) is 0 Å². The Labute approximate surface area is 233 Å². The van der Waals surface area contributed by atoms with Crippen LogP contribution in [-0.4, -0.2) is 88.7 Å². The van der Waals surface area contributed by atoms with Crippen LogP contribution in [0.1, 0.15) is 56.3 Å². The summed E-state index contributed by atoms with van der Waals surface area (Å²) >= 11 is 6.99. The number of benzene rings is 1. The maximum absolute atomic E-state index is 13.1. The van der Waals surface area contributed by atoms with Gasteiger partial charge in [-0.05, 0) is 56.4 Å². The monoisotopic (exact) mass is 573 g/mol. The lowest BCUT2D eigenvalue weighted by molar-refractivity contribution is -0.212. The number of nitrogens with one attached hydrogen (secondary N) is 1. The Kier molecular flexibility index (Phi) is 12.2. The molecule has 2 aliphatic rings. The number of aliphatic hydroxyl groups excluding tert-OH is 3. The molecule has 9 atom stereocenters. The van der Waals surface area contributed by atoms with Gasteiger partial charge >= 0.3 is 5.97 Å². The maximum atomic E-state index is 13.1. The molecule has 1 amide bonds. The molecule has 3 rings (SSSR count). The van der Waals surface area contributed by atoms with Crippen LogP contribution >= 0.6 is 23.4 Å². The molecule has 0 bridgehead atoms. The van der Waals surface area contributed by atoms with Crippen molar-refractivity contribution in [1.29, 1.82) is 0 Å². The Morgan fingerprint density at radius 2 is 1.87 bits per heavy atom. The van der Waals surface area contributed by atoms with Gasteiger partial charge in [-0.2, -0.15) is 0 Å². The highest BCUT2D eigenvalue weighted by Gasteiger charge is 2.48. The number of amides is 1. The SMILES string of the molecule is CCC[C@H]1CC[C@H](C(=O)N[C@@H]([C@H]2O[C@H](SCCOC(=O)c3ccc(Cl)cc3)[C@H](O)[C@@H](O)[C@H]2O)[C@@H](C)OC)C1. The summed E-state index contributed by atoms with van der Waals surface area (Å²) in [5.74, 6) is 0.0682. The third-order valence-corrected chi connectivity index (χ3v) is 8.81. The molecule has 38 heavy (non-hydrogen) atoms. The molecule has 1 saturated heterocycles. The molecule has 1 heterocycles. The predicted octanol–water partition coefficient (Wildman–Crippen LogP) is 2.77. The van der Waals surface area contributed by atoms with Gasteiger partial charge in [-0.1, -0.05) is 31.4 Å². The fraction of sp³-hybridized carbons (Fsp3) is 0.704. The first-order valence-corrected chi connectivity index (χ1v) is 14.7. The van der Waals surface area contributed by atoms with E-state index in [1.165, 1.54) is 7.11 Å². The van der Waals surface area contributed by atoms with Gasteiger partial charge in [-0.15, -0.1) is 11.8 Å². The normalized spacial score (nSPS) is 31.0. The number of methoxy groups -OCH3 is 1. The minimum absolute atomic E-state index is 0.0390. The molecule has 9 nitrogen and oxygen atoms in total. The van der Waals surface area contributed by atoms with Crippen LogP contribution in [0.5, 0.6) is 0 Å². The summed E-state index contributed by atoms with van der Waals surface area (Å²) in [7, 11) is 1.50. The molecule has 1 saturated carbocycles. The largest absolute Gasteiger partial charge is 0.461 e. The van der Waals surface area contributed by atoms with Gasteiger partial charge in [0.05, 0.1) is 17.7 Å². The molecule has 11 heteroatoms. The zero-order chi connectivity index (χ0) is 27.8. The van der Waals surface area contributed by atoms with E-state index in [9.17, 15) is 24.9 Å². The number of aliphatic hydroxyl groups is 3. The number of ether oxygens (including phenoxy) is 3. The quantitative estimate of drug-likeness (QED) is 0.220. The van der Waals surface area contributed by atoms with Crippen molar-refractivity contribution in [1.82, 2.24) is 5.32 Å². The fourth-order valence-corrected chi connectivity index (χ4v) is 6.26. The van der Waals surface area contributed by atoms with Crippen LogP contribution in [0.4, 0.5) is 0 Å². The first kappa shape index (κ1) is 31.1. The van der Waals surface area contributed by atoms with Gasteiger partial charge in [-0.25, -0.2) is 4.79 Å². The predicted molar refractivity (Wildman–Crippen MR) is 145 cm³/mol. The summed E-state index contributed by atoms with van der Waals surface area (Å²) in [6.07, 6.45) is -1.01. The summed E-state index contributed by atoms with van der Waals surface area (Å²) < 4.78 is 16.8. The van der Waals surface area contributed by atoms with Crippen LogP contribution in [0.2, 0.25) is 5.02 Å². The first-order chi connectivity index (χ1) is 18.2. The van der Waals surface area contributed by atoms with Gasteiger partial charge in [0.25, 0.3) is 0 Å². The molecule has 2 fully saturated rings. The van der Waals surface area contributed by atoms with Crippen molar-refractivity contribution in [3.8, 4) is 0 Å². The molecule has 0 radical (unpaired) electrons. The lowest BCUT2D eigenvalue weighted by atomic mass is 9.91. The van der Waals surface area contributed by atoms with Gasteiger partial charge in [0.15, 0.2) is 0 Å². The third kappa shape index (κ3) is 8.06. The molecule has 1 aliphatic carbocycles. The number of hydrogen-bond acceptors (Lipinski definition) is 9. The lowest BCUT2D eigenvalue weighted by Crippen LogP contribution is -2.65. The maximum Gasteiger partial charge on any atom is 0.338 e. The highest BCUT2D eigenvalue weighted by molar-refractivity contribution is 7.99. The van der Waals surface area contributed by atoms with E-state index in [-0.39, 0.29) is 24.2 Å². The number of carbonyl (C=O) groups excluding carboxylic acids is 2. The second kappa shape index (κ2) is 14.8. The average molecular weight is 574 g/mol. The summed E-state index contributed by atoms with van der Waals surface area (Å²) in [5.41, 5.74) is -0.557. The van der Waals surface area contributed by atoms with E-state index in [4.69, 9.17) is 25.8 Å². The number of halogens is 1. The molecular formula is C27H40ClNO8S. The van der Waals surface area contributed by atoms with Gasteiger partial charge in [0, 0.05) is 23.8 Å². The summed E-state index contributed by atoms with van der Waals surface area (Å²) in [4.78, 5) is 25.3. The first-order valence-electron chi connectivity index (χ1n) is 13.2. The number of esters is 1. The van der Waals surface area contributed by atoms with Crippen LogP contribution < -0.4 is 5.32 Å². The standard InChI is InChI=1S/C27H40ClNO8S/c1-4-5-16-6-7-18(14-16)25(33)29-20(15(2)35-3)24-22(31)21(30)23(32)27(37-24)38-13-12-36-26(34)17-8-10-19(28)11-9-17/h8-11,15-16,18,20-24,27,30-32H,4-7,12-14H2,1-3H3,(H,29,33)/t15-,16+,18+,20-,21+,22-,23-,24-,27-/m1/s1. The smallest absolute Gasteiger partial charge is 0.338 e. The summed E-state index contributed by atoms with van der Waals surface area (Å²) in [6, 6.07) is 5.57. The van der Waals surface area contributed by atoms with Gasteiger partial charge in [0.1, 0.15) is 36.5 Å². The van der Waals surface area contributed by atoms with Crippen molar-refractivity contribution < 1.29 is 39.1 Å². The second-order valence-electron chi connectivity index (χ2n) is 10.1. The van der Waals surface area contributed by atoms with Gasteiger partial charge in [-0.3, -0.25) is 4.79 Å². The van der Waals surface area contributed by atoms with Crippen molar-refractivity contribution in [2.45, 2.75) is 87.9 Å². The molecule has 4 N–H and O–H groups in total. The van der Waals surface area contributed by atoms with Crippen LogP contribution in [0, 0.1) is 11.8 Å². The average Bonchev–Trinajstić information content (AvgIpc) is 3.38. The molecule has 0 unspecified atom stereocenters. The van der Waals surface area contributed by atoms with E-state index >= 15 is 0 Å². The van der Waals surface area contributed by atoms with Gasteiger partial charge in [0.2, 0.25) is 5.91 Å². The molecular weight excluding hydrogens is 534 g/mol. The van der Waals surface area contributed by atoms with Crippen molar-refractivity contribution in [2.75, 3.05) is 19.5 Å². The van der Waals surface area contributed by atoms with E-state index in [0.29, 0.717) is 16.5 Å². The van der Waals surface area contributed by atoms with Crippen molar-refractivity contribution in [2.24, 2.45) is 11.8 Å². The zero-order valence-corrected chi connectivity index (χ0v) is 23.7. The van der Waals surface area contributed by atoms with E-state index in [2.05, 4.69) is 12.2 Å². The van der Waals surface area contributed by atoms with Gasteiger partial charge < -0.3 is 34.8 Å². The second-order valence-corrected chi connectivity index (χ2v) is 11.7. The van der Waals surface area contributed by atoms with Crippen LogP contribution in [0.15, 0.2) is 24.3 Å². The van der Waals surface area contributed by atoms with Crippen LogP contribution in [-0.2, 0) is 19.0 Å². The molecule has 0 spiro atoms. The van der Waals surface area contributed by atoms with Crippen molar-refractivity contribution in [3.63, 3.8) is 0 Å². The Hall–Kier alpha value is -1.40. The summed E-state index contributed by atoms with van der Waals surface area (Å²) in [5, 5.41) is 35.5. The third-order valence-electron chi connectivity index (χ3n) is 7.43. The van der Waals surface area contributed by atoms with E-state index in [1.807, 2.05) is 0 Å². The van der Waals surface area contributed by atoms with Crippen LogP contribution in [0.25, 0.3) is 0 Å². The number of carbonyl (C=O) groups is 2. The molecule has 1 aromatic rings. The minimum Gasteiger partial charge on any atom is -0.461 e. The highest BCUT2D eigenvalue weighted by Crippen LogP contribution is 2.35. The number of thioether (sulfide) groups is 1. The highest BCUT2D eigenvalue weighted by atomic mass is 35.5. The van der Waals surface area contributed by atoms with Crippen molar-refractivity contribution >= 4 is 35.2 Å². The Morgan fingerprint density at radius 1 is 1.16 bits per heavy atom. The summed E-state index contributed by atoms with van der Waals surface area (Å²) in [6.45, 7) is 3.94. The molecule has 1 aromatic carbocycles. The van der Waals surface area contributed by atoms with E-state index in [0.717, 1.165) is 43.9 Å². The molecule has 0 aromatic heterocycles. The lowest BCUT2D eigenvalue weighted by Gasteiger charge is -2.44. The Morgan fingerprint density at radius 3 is 2.53 bits per heavy atom. The molecule has 1 aliphatic heterocycles. The fourth-order valence-electron chi connectivity index (χ4n) is 5.15.